The lowest BCUT2D eigenvalue weighted by molar-refractivity contribution is 0.221. The molecule has 0 spiro atoms. The lowest BCUT2D eigenvalue weighted by Gasteiger charge is -2.29. The van der Waals surface area contributed by atoms with E-state index in [-0.39, 0.29) is 0 Å². The Kier molecular flexibility index (Phi) is 6.91. The average molecular weight is 249 g/mol. The summed E-state index contributed by atoms with van der Waals surface area (Å²) in [7, 11) is 0. The smallest absolute Gasteiger partial charge is 0.0271 e. The van der Waals surface area contributed by atoms with Crippen molar-refractivity contribution in [2.24, 2.45) is 5.92 Å². The maximum absolute atomic E-state index is 4.07. The van der Waals surface area contributed by atoms with Crippen LogP contribution in [0, 0.1) is 5.92 Å². The second-order valence-electron chi connectivity index (χ2n) is 5.09. The van der Waals surface area contributed by atoms with Crippen LogP contribution in [0.2, 0.25) is 0 Å². The maximum Gasteiger partial charge on any atom is 0.0271 e. The number of rotatable bonds is 8. The van der Waals surface area contributed by atoms with Crippen LogP contribution in [0.15, 0.2) is 24.5 Å². The first-order chi connectivity index (χ1) is 8.67. The number of aromatic nitrogens is 1. The van der Waals surface area contributed by atoms with E-state index in [4.69, 9.17) is 0 Å². The van der Waals surface area contributed by atoms with Crippen LogP contribution >= 0.6 is 0 Å². The van der Waals surface area contributed by atoms with Crippen LogP contribution in [0.4, 0.5) is 0 Å². The molecule has 1 atom stereocenters. The van der Waals surface area contributed by atoms with Gasteiger partial charge < -0.3 is 5.32 Å². The van der Waals surface area contributed by atoms with E-state index in [1.54, 1.807) is 0 Å². The first-order valence-electron chi connectivity index (χ1n) is 7.02. The van der Waals surface area contributed by atoms with Crippen molar-refractivity contribution in [3.8, 4) is 0 Å². The van der Waals surface area contributed by atoms with Gasteiger partial charge in [-0.2, -0.15) is 0 Å². The van der Waals surface area contributed by atoms with E-state index in [9.17, 15) is 0 Å². The van der Waals surface area contributed by atoms with Gasteiger partial charge in [0.25, 0.3) is 0 Å². The van der Waals surface area contributed by atoms with Gasteiger partial charge in [0.1, 0.15) is 0 Å². The molecule has 0 aliphatic carbocycles. The molecule has 0 amide bonds. The Morgan fingerprint density at radius 2 is 1.89 bits per heavy atom. The van der Waals surface area contributed by atoms with E-state index in [2.05, 4.69) is 55.0 Å². The van der Waals surface area contributed by atoms with Gasteiger partial charge in [-0.05, 0) is 36.7 Å². The molecule has 0 saturated carbocycles. The predicted molar refractivity (Wildman–Crippen MR) is 77.5 cm³/mol. The van der Waals surface area contributed by atoms with Gasteiger partial charge in [0.15, 0.2) is 0 Å². The molecule has 0 aromatic carbocycles. The molecule has 0 aliphatic rings. The second kappa shape index (κ2) is 8.22. The summed E-state index contributed by atoms with van der Waals surface area (Å²) in [5.41, 5.74) is 1.34. The first kappa shape index (κ1) is 15.1. The molecule has 1 rings (SSSR count). The van der Waals surface area contributed by atoms with Crippen molar-refractivity contribution in [3.63, 3.8) is 0 Å². The monoisotopic (exact) mass is 249 g/mol. The number of nitrogens with zero attached hydrogens (tertiary/aromatic N) is 2. The summed E-state index contributed by atoms with van der Waals surface area (Å²) in [6.07, 6.45) is 3.74. The largest absolute Gasteiger partial charge is 0.313 e. The topological polar surface area (TPSA) is 28.2 Å². The van der Waals surface area contributed by atoms with Crippen molar-refractivity contribution in [1.29, 1.82) is 0 Å². The molecule has 1 aromatic heterocycles. The molecule has 0 aliphatic heterocycles. The quantitative estimate of drug-likeness (QED) is 0.767. The van der Waals surface area contributed by atoms with Crippen LogP contribution in [-0.2, 0) is 6.54 Å². The van der Waals surface area contributed by atoms with E-state index in [0.29, 0.717) is 12.0 Å². The highest BCUT2D eigenvalue weighted by molar-refractivity contribution is 5.09. The Labute approximate surface area is 112 Å². The van der Waals surface area contributed by atoms with E-state index in [1.807, 2.05) is 12.4 Å². The lowest BCUT2D eigenvalue weighted by Crippen LogP contribution is -2.43. The summed E-state index contributed by atoms with van der Waals surface area (Å²) < 4.78 is 0. The van der Waals surface area contributed by atoms with Gasteiger partial charge in [-0.15, -0.1) is 0 Å². The number of likely N-dealkylation sites (N-methyl/N-ethyl adjacent to an activating group) is 2. The predicted octanol–water partition coefficient (Wildman–Crippen LogP) is 2.54. The minimum absolute atomic E-state index is 0.566. The van der Waals surface area contributed by atoms with Crippen LogP contribution < -0.4 is 5.32 Å². The van der Waals surface area contributed by atoms with Crippen molar-refractivity contribution < 1.29 is 0 Å². The Balaban J connectivity index is 2.55. The van der Waals surface area contributed by atoms with Crippen molar-refractivity contribution in [2.45, 2.75) is 40.3 Å². The Bertz CT molecular complexity index is 311. The average Bonchev–Trinajstić information content (AvgIpc) is 2.38. The third kappa shape index (κ3) is 5.15. The van der Waals surface area contributed by atoms with Gasteiger partial charge >= 0.3 is 0 Å². The van der Waals surface area contributed by atoms with Crippen LogP contribution in [0.25, 0.3) is 0 Å². The summed E-state index contributed by atoms with van der Waals surface area (Å²) in [5, 5.41) is 3.58. The molecule has 1 heterocycles. The molecule has 1 aromatic rings. The SMILES string of the molecule is CCNC(CN(CC)Cc1ccncc1)C(C)C. The summed E-state index contributed by atoms with van der Waals surface area (Å²) in [4.78, 5) is 6.55. The van der Waals surface area contributed by atoms with Gasteiger partial charge in [0.05, 0.1) is 0 Å². The zero-order valence-corrected chi connectivity index (χ0v) is 12.2. The summed E-state index contributed by atoms with van der Waals surface area (Å²) in [5.74, 6) is 0.663. The van der Waals surface area contributed by atoms with Gasteiger partial charge in [0.2, 0.25) is 0 Å². The van der Waals surface area contributed by atoms with E-state index < -0.39 is 0 Å². The van der Waals surface area contributed by atoms with Gasteiger partial charge in [-0.1, -0.05) is 27.7 Å². The normalized spacial score (nSPS) is 13.2. The van der Waals surface area contributed by atoms with Crippen molar-refractivity contribution >= 4 is 0 Å². The lowest BCUT2D eigenvalue weighted by atomic mass is 10.0. The van der Waals surface area contributed by atoms with Crippen molar-refractivity contribution in [1.82, 2.24) is 15.2 Å². The number of pyridine rings is 1. The fourth-order valence-corrected chi connectivity index (χ4v) is 2.10. The van der Waals surface area contributed by atoms with Crippen molar-refractivity contribution in [2.75, 3.05) is 19.6 Å². The van der Waals surface area contributed by atoms with E-state index in [1.165, 1.54) is 5.56 Å². The van der Waals surface area contributed by atoms with Gasteiger partial charge in [-0.3, -0.25) is 9.88 Å². The first-order valence-corrected chi connectivity index (χ1v) is 7.02. The van der Waals surface area contributed by atoms with Crippen LogP contribution in [0.3, 0.4) is 0 Å². The zero-order valence-electron chi connectivity index (χ0n) is 12.2. The van der Waals surface area contributed by atoms with E-state index in [0.717, 1.165) is 26.2 Å². The molecule has 3 nitrogen and oxygen atoms in total. The highest BCUT2D eigenvalue weighted by Crippen LogP contribution is 2.08. The third-order valence-corrected chi connectivity index (χ3v) is 3.33. The molecule has 18 heavy (non-hydrogen) atoms. The summed E-state index contributed by atoms with van der Waals surface area (Å²) in [6.45, 7) is 13.2. The second-order valence-corrected chi connectivity index (χ2v) is 5.09. The molecular weight excluding hydrogens is 222 g/mol. The molecule has 0 bridgehead atoms. The molecule has 0 fully saturated rings. The highest BCUT2D eigenvalue weighted by atomic mass is 15.1. The fraction of sp³-hybridized carbons (Fsp3) is 0.667. The van der Waals surface area contributed by atoms with Crippen LogP contribution in [0.1, 0.15) is 33.3 Å². The summed E-state index contributed by atoms with van der Waals surface area (Å²) >= 11 is 0. The van der Waals surface area contributed by atoms with Crippen LogP contribution in [0.5, 0.6) is 0 Å². The third-order valence-electron chi connectivity index (χ3n) is 3.33. The summed E-state index contributed by atoms with van der Waals surface area (Å²) in [6, 6.07) is 4.76. The number of hydrogen-bond donors (Lipinski definition) is 1. The van der Waals surface area contributed by atoms with Gasteiger partial charge in [0, 0.05) is 31.5 Å². The number of nitrogens with one attached hydrogen (secondary N) is 1. The highest BCUT2D eigenvalue weighted by Gasteiger charge is 2.15. The maximum atomic E-state index is 4.07. The fourth-order valence-electron chi connectivity index (χ4n) is 2.10. The standard InChI is InChI=1S/C15H27N3/c1-5-17-15(13(3)4)12-18(6-2)11-14-7-9-16-10-8-14/h7-10,13,15,17H,5-6,11-12H2,1-4H3. The molecule has 3 heteroatoms. The van der Waals surface area contributed by atoms with Gasteiger partial charge in [-0.25, -0.2) is 0 Å². The molecular formula is C15H27N3. The number of hydrogen-bond acceptors (Lipinski definition) is 3. The molecule has 0 radical (unpaired) electrons. The Morgan fingerprint density at radius 3 is 2.39 bits per heavy atom. The minimum atomic E-state index is 0.566. The molecule has 102 valence electrons. The van der Waals surface area contributed by atoms with E-state index >= 15 is 0 Å². The molecule has 1 unspecified atom stereocenters. The zero-order chi connectivity index (χ0) is 13.4. The molecule has 0 saturated heterocycles. The van der Waals surface area contributed by atoms with Crippen molar-refractivity contribution in [3.05, 3.63) is 30.1 Å². The molecule has 1 N–H and O–H groups in total. The Hall–Kier alpha value is -0.930. The van der Waals surface area contributed by atoms with Crippen LogP contribution in [-0.4, -0.2) is 35.6 Å². The minimum Gasteiger partial charge on any atom is -0.313 e. The Morgan fingerprint density at radius 1 is 1.22 bits per heavy atom.